The molecule has 0 aliphatic carbocycles. The number of pyridine rings is 1. The summed E-state index contributed by atoms with van der Waals surface area (Å²) in [6.45, 7) is 2.12. The van der Waals surface area contributed by atoms with E-state index < -0.39 is 0 Å². The molecule has 1 aliphatic rings. The lowest BCUT2D eigenvalue weighted by molar-refractivity contribution is 0.111. The zero-order valence-corrected chi connectivity index (χ0v) is 10.5. The molecule has 1 saturated heterocycles. The summed E-state index contributed by atoms with van der Waals surface area (Å²) in [7, 11) is 4.28. The number of carbonyl (C=O) groups excluding carboxylic acids is 1. The van der Waals surface area contributed by atoms with Crippen molar-refractivity contribution in [2.75, 3.05) is 32.1 Å². The second kappa shape index (κ2) is 5.27. The molecule has 17 heavy (non-hydrogen) atoms. The molecular weight excluding hydrogens is 214 g/mol. The molecule has 4 nitrogen and oxygen atoms in total. The van der Waals surface area contributed by atoms with Crippen LogP contribution in [0.3, 0.4) is 0 Å². The van der Waals surface area contributed by atoms with Crippen LogP contribution in [-0.4, -0.2) is 49.4 Å². The zero-order chi connectivity index (χ0) is 12.3. The van der Waals surface area contributed by atoms with Gasteiger partial charge in [0.25, 0.3) is 0 Å². The average molecular weight is 233 g/mol. The van der Waals surface area contributed by atoms with Crippen molar-refractivity contribution in [2.45, 2.75) is 18.9 Å². The van der Waals surface area contributed by atoms with Crippen LogP contribution in [-0.2, 0) is 0 Å². The number of aldehydes is 1. The third-order valence-electron chi connectivity index (χ3n) is 3.45. The summed E-state index contributed by atoms with van der Waals surface area (Å²) in [5.41, 5.74) is 1.62. The Labute approximate surface area is 102 Å². The van der Waals surface area contributed by atoms with Gasteiger partial charge >= 0.3 is 0 Å². The average Bonchev–Trinajstić information content (AvgIpc) is 2.39. The van der Waals surface area contributed by atoms with Crippen molar-refractivity contribution < 1.29 is 4.79 Å². The molecule has 1 aliphatic heterocycles. The summed E-state index contributed by atoms with van der Waals surface area (Å²) in [5, 5.41) is 0. The van der Waals surface area contributed by atoms with Crippen LogP contribution in [0.15, 0.2) is 18.3 Å². The van der Waals surface area contributed by atoms with E-state index >= 15 is 0 Å². The number of hydrogen-bond donors (Lipinski definition) is 0. The van der Waals surface area contributed by atoms with Gasteiger partial charge in [0.2, 0.25) is 0 Å². The maximum absolute atomic E-state index is 10.5. The predicted octanol–water partition coefficient (Wildman–Crippen LogP) is 1.42. The highest BCUT2D eigenvalue weighted by atomic mass is 16.1. The molecule has 0 aromatic carbocycles. The van der Waals surface area contributed by atoms with Crippen LogP contribution < -0.4 is 4.90 Å². The molecule has 0 atom stereocenters. The summed E-state index contributed by atoms with van der Waals surface area (Å²) in [6.07, 6.45) is 4.94. The predicted molar refractivity (Wildman–Crippen MR) is 68.5 cm³/mol. The number of rotatable bonds is 3. The van der Waals surface area contributed by atoms with Crippen molar-refractivity contribution in [3.8, 4) is 0 Å². The lowest BCUT2D eigenvalue weighted by Crippen LogP contribution is -2.42. The maximum Gasteiger partial charge on any atom is 0.168 e. The van der Waals surface area contributed by atoms with Crippen molar-refractivity contribution in [2.24, 2.45) is 0 Å². The van der Waals surface area contributed by atoms with Gasteiger partial charge < -0.3 is 9.80 Å². The van der Waals surface area contributed by atoms with Crippen molar-refractivity contribution in [1.82, 2.24) is 9.88 Å². The van der Waals surface area contributed by atoms with Crippen molar-refractivity contribution in [3.05, 3.63) is 24.0 Å². The Morgan fingerprint density at radius 3 is 2.53 bits per heavy atom. The highest BCUT2D eigenvalue weighted by molar-refractivity contribution is 5.72. The first-order chi connectivity index (χ1) is 8.20. The minimum Gasteiger partial charge on any atom is -0.370 e. The van der Waals surface area contributed by atoms with Gasteiger partial charge in [0, 0.05) is 19.1 Å². The van der Waals surface area contributed by atoms with Gasteiger partial charge in [-0.05, 0) is 39.1 Å². The Bertz CT molecular complexity index is 367. The quantitative estimate of drug-likeness (QED) is 0.740. The Morgan fingerprint density at radius 2 is 2.06 bits per heavy atom. The number of anilines is 1. The van der Waals surface area contributed by atoms with E-state index in [-0.39, 0.29) is 0 Å². The minimum atomic E-state index is 0.497. The van der Waals surface area contributed by atoms with Gasteiger partial charge in [0.15, 0.2) is 6.29 Å². The van der Waals surface area contributed by atoms with Crippen LogP contribution in [0.2, 0.25) is 0 Å². The summed E-state index contributed by atoms with van der Waals surface area (Å²) in [5.74, 6) is 0. The van der Waals surface area contributed by atoms with Crippen LogP contribution in [0.4, 0.5) is 5.69 Å². The standard InChI is InChI=1S/C13H19N3O/c1-15(2)12-5-7-16(8-6-12)13-4-3-11(10-17)14-9-13/h3-4,9-10,12H,5-8H2,1-2H3. The third kappa shape index (κ3) is 2.82. The highest BCUT2D eigenvalue weighted by Crippen LogP contribution is 2.20. The van der Waals surface area contributed by atoms with Gasteiger partial charge in [-0.1, -0.05) is 0 Å². The molecule has 0 spiro atoms. The molecule has 0 bridgehead atoms. The van der Waals surface area contributed by atoms with Crippen molar-refractivity contribution in [1.29, 1.82) is 0 Å². The first-order valence-corrected chi connectivity index (χ1v) is 6.03. The molecule has 2 rings (SSSR count). The SMILES string of the molecule is CN(C)C1CCN(c2ccc(C=O)nc2)CC1. The number of aromatic nitrogens is 1. The Morgan fingerprint density at radius 1 is 1.35 bits per heavy atom. The van der Waals surface area contributed by atoms with E-state index in [9.17, 15) is 4.79 Å². The Kier molecular flexibility index (Phi) is 3.74. The van der Waals surface area contributed by atoms with Gasteiger partial charge in [-0.25, -0.2) is 0 Å². The lowest BCUT2D eigenvalue weighted by atomic mass is 10.0. The molecule has 0 saturated carbocycles. The smallest absolute Gasteiger partial charge is 0.168 e. The fourth-order valence-corrected chi connectivity index (χ4v) is 2.29. The summed E-state index contributed by atoms with van der Waals surface area (Å²) in [6, 6.07) is 4.45. The molecule has 92 valence electrons. The molecule has 1 fully saturated rings. The third-order valence-corrected chi connectivity index (χ3v) is 3.45. The zero-order valence-electron chi connectivity index (χ0n) is 10.5. The van der Waals surface area contributed by atoms with E-state index in [1.165, 1.54) is 12.8 Å². The van der Waals surface area contributed by atoms with Crippen LogP contribution >= 0.6 is 0 Å². The molecule has 1 aromatic rings. The summed E-state index contributed by atoms with van der Waals surface area (Å²) >= 11 is 0. The maximum atomic E-state index is 10.5. The van der Waals surface area contributed by atoms with Gasteiger partial charge in [0.1, 0.15) is 5.69 Å². The number of piperidine rings is 1. The topological polar surface area (TPSA) is 36.4 Å². The second-order valence-corrected chi connectivity index (χ2v) is 4.74. The van der Waals surface area contributed by atoms with Gasteiger partial charge in [-0.15, -0.1) is 0 Å². The minimum absolute atomic E-state index is 0.497. The number of hydrogen-bond acceptors (Lipinski definition) is 4. The fraction of sp³-hybridized carbons (Fsp3) is 0.538. The summed E-state index contributed by atoms with van der Waals surface area (Å²) in [4.78, 5) is 19.3. The molecule has 2 heterocycles. The van der Waals surface area contributed by atoms with Crippen LogP contribution in [0.5, 0.6) is 0 Å². The highest BCUT2D eigenvalue weighted by Gasteiger charge is 2.20. The molecule has 0 radical (unpaired) electrons. The second-order valence-electron chi connectivity index (χ2n) is 4.74. The number of nitrogens with zero attached hydrogens (tertiary/aromatic N) is 3. The van der Waals surface area contributed by atoms with Gasteiger partial charge in [-0.3, -0.25) is 9.78 Å². The molecular formula is C13H19N3O. The van der Waals surface area contributed by atoms with E-state index in [4.69, 9.17) is 0 Å². The van der Waals surface area contributed by atoms with Gasteiger partial charge in [-0.2, -0.15) is 0 Å². The fourth-order valence-electron chi connectivity index (χ4n) is 2.29. The van der Waals surface area contributed by atoms with E-state index in [2.05, 4.69) is 28.9 Å². The van der Waals surface area contributed by atoms with Crippen molar-refractivity contribution >= 4 is 12.0 Å². The molecule has 0 N–H and O–H groups in total. The largest absolute Gasteiger partial charge is 0.370 e. The van der Waals surface area contributed by atoms with E-state index in [0.29, 0.717) is 11.7 Å². The molecule has 0 amide bonds. The summed E-state index contributed by atoms with van der Waals surface area (Å²) < 4.78 is 0. The number of carbonyl (C=O) groups is 1. The lowest BCUT2D eigenvalue weighted by Gasteiger charge is -2.36. The molecule has 0 unspecified atom stereocenters. The van der Waals surface area contributed by atoms with E-state index in [1.807, 2.05) is 6.07 Å². The van der Waals surface area contributed by atoms with Crippen LogP contribution in [0.25, 0.3) is 0 Å². The normalized spacial score (nSPS) is 17.5. The molecule has 4 heteroatoms. The van der Waals surface area contributed by atoms with E-state index in [1.54, 1.807) is 12.3 Å². The van der Waals surface area contributed by atoms with E-state index in [0.717, 1.165) is 25.1 Å². The molecule has 1 aromatic heterocycles. The van der Waals surface area contributed by atoms with Crippen LogP contribution in [0.1, 0.15) is 23.3 Å². The van der Waals surface area contributed by atoms with Gasteiger partial charge in [0.05, 0.1) is 11.9 Å². The van der Waals surface area contributed by atoms with Crippen molar-refractivity contribution in [3.63, 3.8) is 0 Å². The first-order valence-electron chi connectivity index (χ1n) is 6.03. The Hall–Kier alpha value is -1.42. The Balaban J connectivity index is 1.97. The first kappa shape index (κ1) is 12.0. The monoisotopic (exact) mass is 233 g/mol. The van der Waals surface area contributed by atoms with Crippen LogP contribution in [0, 0.1) is 0 Å².